The number of benzene rings is 2. The fourth-order valence-electron chi connectivity index (χ4n) is 3.62. The van der Waals surface area contributed by atoms with Gasteiger partial charge < -0.3 is 14.1 Å². The van der Waals surface area contributed by atoms with Gasteiger partial charge in [-0.15, -0.1) is 0 Å². The molecule has 2 aromatic carbocycles. The molecule has 5 rings (SSSR count). The lowest BCUT2D eigenvalue weighted by molar-refractivity contribution is 0.419. The summed E-state index contributed by atoms with van der Waals surface area (Å²) in [6.45, 7) is 1.73. The number of halogens is 1. The predicted octanol–water partition coefficient (Wildman–Crippen LogP) is 4.34. The van der Waals surface area contributed by atoms with Crippen molar-refractivity contribution in [1.29, 1.82) is 5.26 Å². The first-order valence-corrected chi connectivity index (χ1v) is 9.65. The van der Waals surface area contributed by atoms with E-state index in [4.69, 9.17) is 20.8 Å². The zero-order valence-corrected chi connectivity index (χ0v) is 17.2. The Labute approximate surface area is 180 Å². The minimum Gasteiger partial charge on any atom is -0.494 e. The summed E-state index contributed by atoms with van der Waals surface area (Å²) in [7, 11) is 1.51. The van der Waals surface area contributed by atoms with E-state index in [1.807, 2.05) is 30.3 Å². The molecule has 8 nitrogen and oxygen atoms in total. The van der Waals surface area contributed by atoms with Crippen LogP contribution in [0.3, 0.4) is 0 Å². The average molecular weight is 432 g/mol. The van der Waals surface area contributed by atoms with Gasteiger partial charge in [-0.25, -0.2) is 4.98 Å². The van der Waals surface area contributed by atoms with Crippen LogP contribution in [0.5, 0.6) is 5.75 Å². The first kappa shape index (κ1) is 18.9. The Morgan fingerprint density at radius 3 is 2.68 bits per heavy atom. The number of nitrogens with one attached hydrogen (secondary N) is 1. The van der Waals surface area contributed by atoms with Crippen molar-refractivity contribution in [2.45, 2.75) is 6.92 Å². The molecule has 0 spiro atoms. The largest absolute Gasteiger partial charge is 0.494 e. The minimum absolute atomic E-state index is 0.0809. The molecule has 1 N–H and O–H groups in total. The number of methoxy groups -OCH3 is 1. The number of nitrogens with zero attached hydrogens (tertiary/aromatic N) is 4. The lowest BCUT2D eigenvalue weighted by Crippen LogP contribution is -2.19. The van der Waals surface area contributed by atoms with Crippen LogP contribution in [-0.2, 0) is 0 Å². The highest BCUT2D eigenvalue weighted by Gasteiger charge is 2.24. The third kappa shape index (κ3) is 2.79. The zero-order valence-electron chi connectivity index (χ0n) is 16.4. The summed E-state index contributed by atoms with van der Waals surface area (Å²) in [4.78, 5) is 21.0. The van der Waals surface area contributed by atoms with E-state index < -0.39 is 5.56 Å². The second-order valence-corrected chi connectivity index (χ2v) is 7.25. The van der Waals surface area contributed by atoms with Crippen LogP contribution in [0, 0.1) is 18.3 Å². The molecule has 0 aliphatic rings. The lowest BCUT2D eigenvalue weighted by Gasteiger charge is -2.05. The van der Waals surface area contributed by atoms with E-state index in [9.17, 15) is 10.1 Å². The van der Waals surface area contributed by atoms with E-state index >= 15 is 0 Å². The Morgan fingerprint density at radius 2 is 1.97 bits per heavy atom. The number of rotatable bonds is 3. The van der Waals surface area contributed by atoms with Crippen LogP contribution in [0.15, 0.2) is 51.7 Å². The summed E-state index contributed by atoms with van der Waals surface area (Å²) in [6.07, 6.45) is 0. The van der Waals surface area contributed by atoms with Crippen molar-refractivity contribution in [3.63, 3.8) is 0 Å². The average Bonchev–Trinajstić information content (AvgIpc) is 3.37. The molecule has 0 radical (unpaired) electrons. The summed E-state index contributed by atoms with van der Waals surface area (Å²) < 4.78 is 12.3. The molecular weight excluding hydrogens is 418 g/mol. The van der Waals surface area contributed by atoms with E-state index in [1.165, 1.54) is 7.11 Å². The first-order chi connectivity index (χ1) is 15.0. The Morgan fingerprint density at radius 1 is 1.19 bits per heavy atom. The number of H-pyrrole nitrogens is 1. The van der Waals surface area contributed by atoms with Crippen LogP contribution in [0.2, 0.25) is 5.02 Å². The molecule has 152 valence electrons. The Balaban J connectivity index is 1.81. The number of aryl methyl sites for hydroxylation is 1. The normalized spacial score (nSPS) is 11.2. The summed E-state index contributed by atoms with van der Waals surface area (Å²) >= 11 is 6.24. The van der Waals surface area contributed by atoms with Gasteiger partial charge in [0.05, 0.1) is 17.7 Å². The first-order valence-electron chi connectivity index (χ1n) is 9.28. The maximum absolute atomic E-state index is 13.4. The van der Waals surface area contributed by atoms with Crippen molar-refractivity contribution < 1.29 is 9.15 Å². The molecule has 9 heteroatoms. The third-order valence-electron chi connectivity index (χ3n) is 5.03. The summed E-state index contributed by atoms with van der Waals surface area (Å²) in [5, 5.41) is 14.2. The number of ether oxygens (including phenoxy) is 1. The summed E-state index contributed by atoms with van der Waals surface area (Å²) in [5.74, 6) is 0.555. The number of aromatic amines is 1. The Hall–Kier alpha value is -4.09. The quantitative estimate of drug-likeness (QED) is 0.455. The van der Waals surface area contributed by atoms with Gasteiger partial charge in [0.15, 0.2) is 16.8 Å². The number of nitriles is 1. The third-order valence-corrected chi connectivity index (χ3v) is 5.33. The van der Waals surface area contributed by atoms with E-state index in [0.29, 0.717) is 38.8 Å². The molecule has 0 bridgehead atoms. The van der Waals surface area contributed by atoms with Gasteiger partial charge in [-0.05, 0) is 24.6 Å². The number of fused-ring (bicyclic) bond motifs is 2. The van der Waals surface area contributed by atoms with Crippen molar-refractivity contribution in [2.24, 2.45) is 0 Å². The fraction of sp³-hybridized carbons (Fsp3) is 0.0909. The molecule has 0 saturated heterocycles. The smallest absolute Gasteiger partial charge is 0.287 e. The number of hydrogen-bond acceptors (Lipinski definition) is 6. The molecule has 0 amide bonds. The molecule has 0 fully saturated rings. The van der Waals surface area contributed by atoms with Crippen LogP contribution in [0.1, 0.15) is 11.4 Å². The van der Waals surface area contributed by atoms with E-state index in [-0.39, 0.29) is 17.1 Å². The van der Waals surface area contributed by atoms with Crippen molar-refractivity contribution >= 4 is 28.3 Å². The second-order valence-electron chi connectivity index (χ2n) is 6.84. The van der Waals surface area contributed by atoms with Gasteiger partial charge in [0, 0.05) is 5.69 Å². The van der Waals surface area contributed by atoms with Gasteiger partial charge in [0.25, 0.3) is 5.56 Å². The molecule has 0 saturated carbocycles. The van der Waals surface area contributed by atoms with Crippen molar-refractivity contribution in [1.82, 2.24) is 19.6 Å². The van der Waals surface area contributed by atoms with Crippen LogP contribution in [0.4, 0.5) is 0 Å². The topological polar surface area (TPSA) is 109 Å². The standard InChI is InChI=1S/C22H14ClN5O3/c1-11-16(21-26-18-15(30-2)9-8-13(23)19(18)31-21)22(29)28-20(25-11)17(14(10-24)27-28)12-6-4-3-5-7-12/h3-9,25H,1-2H3. The maximum Gasteiger partial charge on any atom is 0.287 e. The molecule has 5 aromatic rings. The van der Waals surface area contributed by atoms with Gasteiger partial charge in [-0.1, -0.05) is 41.9 Å². The fourth-order valence-corrected chi connectivity index (χ4v) is 3.81. The molecule has 3 heterocycles. The SMILES string of the molecule is COc1ccc(Cl)c2oc(-c3c(C)[nH]c4c(-c5ccccc5)c(C#N)nn4c3=O)nc12. The molecule has 3 aromatic heterocycles. The van der Waals surface area contributed by atoms with Crippen LogP contribution >= 0.6 is 11.6 Å². The second kappa shape index (κ2) is 7.00. The van der Waals surface area contributed by atoms with E-state index in [2.05, 4.69) is 21.1 Å². The number of hydrogen-bond donors (Lipinski definition) is 1. The van der Waals surface area contributed by atoms with Gasteiger partial charge in [0.2, 0.25) is 5.89 Å². The highest BCUT2D eigenvalue weighted by Crippen LogP contribution is 2.35. The van der Waals surface area contributed by atoms with Gasteiger partial charge in [0.1, 0.15) is 23.0 Å². The van der Waals surface area contributed by atoms with E-state index in [1.54, 1.807) is 19.1 Å². The number of aromatic nitrogens is 4. The van der Waals surface area contributed by atoms with Crippen molar-refractivity contribution in [3.8, 4) is 34.4 Å². The van der Waals surface area contributed by atoms with Gasteiger partial charge in [-0.3, -0.25) is 4.79 Å². The summed E-state index contributed by atoms with van der Waals surface area (Å²) in [5.41, 5.74) is 2.84. The highest BCUT2D eigenvalue weighted by atomic mass is 35.5. The molecule has 0 atom stereocenters. The van der Waals surface area contributed by atoms with Crippen LogP contribution in [-0.4, -0.2) is 26.7 Å². The van der Waals surface area contributed by atoms with Gasteiger partial charge >= 0.3 is 0 Å². The monoisotopic (exact) mass is 431 g/mol. The molecule has 31 heavy (non-hydrogen) atoms. The van der Waals surface area contributed by atoms with Crippen LogP contribution < -0.4 is 10.3 Å². The van der Waals surface area contributed by atoms with Crippen molar-refractivity contribution in [2.75, 3.05) is 7.11 Å². The Bertz CT molecular complexity index is 1570. The molecule has 0 aliphatic heterocycles. The lowest BCUT2D eigenvalue weighted by atomic mass is 10.1. The highest BCUT2D eigenvalue weighted by molar-refractivity contribution is 6.34. The number of oxazole rings is 1. The molecule has 0 aliphatic carbocycles. The Kier molecular flexibility index (Phi) is 4.27. The van der Waals surface area contributed by atoms with Crippen LogP contribution in [0.25, 0.3) is 39.3 Å². The van der Waals surface area contributed by atoms with Gasteiger partial charge in [-0.2, -0.15) is 14.9 Å². The summed E-state index contributed by atoms with van der Waals surface area (Å²) in [6, 6.07) is 14.7. The predicted molar refractivity (Wildman–Crippen MR) is 115 cm³/mol. The molecular formula is C22H14ClN5O3. The maximum atomic E-state index is 13.4. The zero-order chi connectivity index (χ0) is 21.7. The van der Waals surface area contributed by atoms with E-state index in [0.717, 1.165) is 10.1 Å². The van der Waals surface area contributed by atoms with Crippen molar-refractivity contribution in [3.05, 3.63) is 69.2 Å². The molecule has 0 unspecified atom stereocenters. The minimum atomic E-state index is -0.466.